The summed E-state index contributed by atoms with van der Waals surface area (Å²) in [5.74, 6) is 0.167. The number of aliphatic hydroxyl groups is 1. The van der Waals surface area contributed by atoms with Crippen molar-refractivity contribution in [2.45, 2.75) is 12.4 Å². The van der Waals surface area contributed by atoms with Gasteiger partial charge in [0.25, 0.3) is 0 Å². The first-order valence-corrected chi connectivity index (χ1v) is 6.76. The number of thiol groups is 1. The normalized spacial score (nSPS) is 9.17. The molecule has 10 heteroatoms. The van der Waals surface area contributed by atoms with Crippen molar-refractivity contribution in [2.24, 2.45) is 0 Å². The predicted octanol–water partition coefficient (Wildman–Crippen LogP) is 1.73. The van der Waals surface area contributed by atoms with E-state index in [1.165, 1.54) is 38.8 Å². The summed E-state index contributed by atoms with van der Waals surface area (Å²) >= 11 is 3.95. The molecular formula is C13H15N3O6S. The fourth-order valence-electron chi connectivity index (χ4n) is 1.05. The number of carbonyl (C=O) groups excluding carboxylic acids is 1. The Morgan fingerprint density at radius 1 is 1.09 bits per heavy atom. The maximum atomic E-state index is 10.5. The second-order valence-corrected chi connectivity index (χ2v) is 3.96. The summed E-state index contributed by atoms with van der Waals surface area (Å²) in [6, 6.07) is 0. The van der Waals surface area contributed by atoms with E-state index in [-0.39, 0.29) is 12.3 Å². The highest BCUT2D eigenvalue weighted by atomic mass is 32.1. The van der Waals surface area contributed by atoms with Crippen molar-refractivity contribution in [1.82, 2.24) is 15.0 Å². The predicted molar refractivity (Wildman–Crippen MR) is 79.5 cm³/mol. The molecule has 0 saturated heterocycles. The summed E-state index contributed by atoms with van der Waals surface area (Å²) in [4.78, 5) is 21.5. The molecule has 0 aliphatic carbocycles. The number of carbonyl (C=O) groups is 1. The lowest BCUT2D eigenvalue weighted by Crippen LogP contribution is -2.00. The third kappa shape index (κ3) is 7.29. The third-order valence-electron chi connectivity index (χ3n) is 2.12. The van der Waals surface area contributed by atoms with E-state index in [0.717, 1.165) is 5.69 Å². The number of esters is 1. The number of aromatic nitrogens is 3. The highest BCUT2D eigenvalue weighted by Crippen LogP contribution is 1.96. The lowest BCUT2D eigenvalue weighted by atomic mass is 10.5. The average Bonchev–Trinajstić information content (AvgIpc) is 3.38. The molecule has 0 saturated carbocycles. The molecule has 1 N–H and O–H groups in total. The van der Waals surface area contributed by atoms with Crippen LogP contribution in [0.25, 0.3) is 0 Å². The maximum Gasteiger partial charge on any atom is 0.360 e. The van der Waals surface area contributed by atoms with Crippen LogP contribution in [0.15, 0.2) is 51.2 Å². The molecule has 124 valence electrons. The number of rotatable bonds is 3. The van der Waals surface area contributed by atoms with Crippen molar-refractivity contribution >= 4 is 18.6 Å². The Labute approximate surface area is 136 Å². The topological polar surface area (TPSA) is 125 Å². The minimum atomic E-state index is -0.483. The smallest absolute Gasteiger partial charge is 0.360 e. The Balaban J connectivity index is 0.000000175. The molecule has 0 aliphatic rings. The van der Waals surface area contributed by atoms with Gasteiger partial charge in [0.2, 0.25) is 0 Å². The molecule has 3 heterocycles. The minimum Gasteiger partial charge on any atom is -0.464 e. The van der Waals surface area contributed by atoms with Gasteiger partial charge in [0.1, 0.15) is 24.5 Å². The van der Waals surface area contributed by atoms with Crippen molar-refractivity contribution in [2.75, 3.05) is 7.11 Å². The minimum absolute atomic E-state index is 0.0451. The highest BCUT2D eigenvalue weighted by Gasteiger charge is 2.06. The van der Waals surface area contributed by atoms with E-state index in [9.17, 15) is 4.79 Å². The van der Waals surface area contributed by atoms with Gasteiger partial charge in [-0.25, -0.2) is 19.7 Å². The van der Waals surface area contributed by atoms with Crippen molar-refractivity contribution in [3.8, 4) is 0 Å². The van der Waals surface area contributed by atoms with Crippen LogP contribution in [0.3, 0.4) is 0 Å². The zero-order valence-corrected chi connectivity index (χ0v) is 13.1. The molecule has 3 aromatic heterocycles. The van der Waals surface area contributed by atoms with Crippen molar-refractivity contribution < 1.29 is 27.9 Å². The first kappa shape index (κ1) is 18.5. The van der Waals surface area contributed by atoms with E-state index >= 15 is 0 Å². The van der Waals surface area contributed by atoms with Gasteiger partial charge in [-0.05, 0) is 0 Å². The monoisotopic (exact) mass is 341 g/mol. The summed E-state index contributed by atoms with van der Waals surface area (Å²) in [5, 5.41) is 8.30. The zero-order chi connectivity index (χ0) is 16.9. The van der Waals surface area contributed by atoms with E-state index in [1.54, 1.807) is 6.26 Å². The summed E-state index contributed by atoms with van der Waals surface area (Å²) in [6.07, 6.45) is 8.06. The fourth-order valence-corrected chi connectivity index (χ4v) is 1.21. The summed E-state index contributed by atoms with van der Waals surface area (Å²) in [6.45, 7) is -0.0451. The third-order valence-corrected chi connectivity index (χ3v) is 2.44. The van der Waals surface area contributed by atoms with Gasteiger partial charge in [-0.1, -0.05) is 0 Å². The van der Waals surface area contributed by atoms with Gasteiger partial charge < -0.3 is 23.1 Å². The van der Waals surface area contributed by atoms with Gasteiger partial charge in [0.15, 0.2) is 24.9 Å². The number of ether oxygens (including phenoxy) is 1. The Hall–Kier alpha value is -2.59. The van der Waals surface area contributed by atoms with Gasteiger partial charge >= 0.3 is 5.97 Å². The average molecular weight is 341 g/mol. The number of hydrogen-bond acceptors (Lipinski definition) is 10. The van der Waals surface area contributed by atoms with E-state index in [1.807, 2.05) is 0 Å². The van der Waals surface area contributed by atoms with Gasteiger partial charge in [-0.2, -0.15) is 12.6 Å². The van der Waals surface area contributed by atoms with Crippen LogP contribution in [0.2, 0.25) is 0 Å². The molecule has 0 bridgehead atoms. The van der Waals surface area contributed by atoms with Crippen LogP contribution in [0, 0.1) is 0 Å². The molecular weight excluding hydrogens is 326 g/mol. The molecule has 0 unspecified atom stereocenters. The number of oxazole rings is 3. The first-order valence-electron chi connectivity index (χ1n) is 6.13. The van der Waals surface area contributed by atoms with Crippen LogP contribution in [0.5, 0.6) is 0 Å². The van der Waals surface area contributed by atoms with Crippen molar-refractivity contribution in [3.05, 3.63) is 55.1 Å². The van der Waals surface area contributed by atoms with E-state index in [0.29, 0.717) is 11.4 Å². The molecule has 0 aliphatic heterocycles. The molecule has 3 aromatic rings. The molecule has 0 radical (unpaired) electrons. The summed E-state index contributed by atoms with van der Waals surface area (Å²) < 4.78 is 18.0. The van der Waals surface area contributed by atoms with E-state index < -0.39 is 5.97 Å². The van der Waals surface area contributed by atoms with Crippen LogP contribution >= 0.6 is 12.6 Å². The molecule has 9 nitrogen and oxygen atoms in total. The lowest BCUT2D eigenvalue weighted by molar-refractivity contribution is 0.0594. The van der Waals surface area contributed by atoms with Crippen LogP contribution in [0.1, 0.15) is 21.9 Å². The molecule has 0 aromatic carbocycles. The quantitative estimate of drug-likeness (QED) is 0.541. The Bertz CT molecular complexity index is 591. The Morgan fingerprint density at radius 3 is 1.96 bits per heavy atom. The molecule has 23 heavy (non-hydrogen) atoms. The van der Waals surface area contributed by atoms with E-state index in [4.69, 9.17) is 5.11 Å². The van der Waals surface area contributed by atoms with Gasteiger partial charge in [0.05, 0.1) is 19.4 Å². The first-order chi connectivity index (χ1) is 11.2. The molecule has 0 fully saturated rings. The van der Waals surface area contributed by atoms with Crippen LogP contribution in [-0.2, 0) is 17.1 Å². The van der Waals surface area contributed by atoms with Gasteiger partial charge in [-0.15, -0.1) is 0 Å². The Morgan fingerprint density at radius 2 is 1.65 bits per heavy atom. The van der Waals surface area contributed by atoms with Crippen molar-refractivity contribution in [3.63, 3.8) is 0 Å². The number of hydrogen-bond donors (Lipinski definition) is 2. The number of methoxy groups -OCH3 is 1. The summed E-state index contributed by atoms with van der Waals surface area (Å²) in [5.41, 5.74) is 1.64. The van der Waals surface area contributed by atoms with Crippen LogP contribution in [0.4, 0.5) is 0 Å². The van der Waals surface area contributed by atoms with Crippen LogP contribution in [-0.4, -0.2) is 33.1 Å². The van der Waals surface area contributed by atoms with Gasteiger partial charge in [0, 0.05) is 5.75 Å². The molecule has 0 amide bonds. The Kier molecular flexibility index (Phi) is 8.86. The largest absolute Gasteiger partial charge is 0.464 e. The fraction of sp³-hybridized carbons (Fsp3) is 0.231. The number of aliphatic hydroxyl groups excluding tert-OH is 1. The number of nitrogens with zero attached hydrogens (tertiary/aromatic N) is 3. The lowest BCUT2D eigenvalue weighted by Gasteiger charge is -1.88. The van der Waals surface area contributed by atoms with Gasteiger partial charge in [-0.3, -0.25) is 0 Å². The second kappa shape index (κ2) is 11.0. The highest BCUT2D eigenvalue weighted by molar-refractivity contribution is 7.79. The molecule has 3 rings (SSSR count). The molecule has 0 atom stereocenters. The SMILES string of the molecule is COC(=O)c1cocn1.OCc1cocn1.SCc1cocn1. The standard InChI is InChI=1S/C5H5NO3.C4H5NO2.C4H5NOS/c1-8-5(7)4-2-9-3-6-4;6-1-4-2-7-3-5-4;7-2-4-1-6-3-5-4/h2-3H,1H3;2-3,6H,1H2;1,3,7H,2H2. The summed E-state index contributed by atoms with van der Waals surface area (Å²) in [7, 11) is 1.29. The zero-order valence-electron chi connectivity index (χ0n) is 12.2. The van der Waals surface area contributed by atoms with Crippen LogP contribution < -0.4 is 0 Å². The second-order valence-electron chi connectivity index (χ2n) is 3.64. The van der Waals surface area contributed by atoms with Crippen molar-refractivity contribution in [1.29, 1.82) is 0 Å². The maximum absolute atomic E-state index is 10.5. The molecule has 0 spiro atoms. The van der Waals surface area contributed by atoms with E-state index in [2.05, 4.69) is 45.6 Å².